The van der Waals surface area contributed by atoms with Crippen LogP contribution in [0.1, 0.15) is 52.6 Å². The summed E-state index contributed by atoms with van der Waals surface area (Å²) in [6, 6.07) is 4.95. The van der Waals surface area contributed by atoms with Gasteiger partial charge in [0.05, 0.1) is 14.2 Å². The van der Waals surface area contributed by atoms with E-state index in [-0.39, 0.29) is 5.92 Å². The molecule has 168 valence electrons. The Morgan fingerprint density at radius 2 is 1.63 bits per heavy atom. The molecular formula is C22H34N2O6. The minimum Gasteiger partial charge on any atom is -0.497 e. The molecule has 2 atom stereocenters. The fraction of sp³-hybridized carbons (Fsp3) is 0.591. The van der Waals surface area contributed by atoms with Gasteiger partial charge < -0.3 is 19.5 Å². The molecule has 30 heavy (non-hydrogen) atoms. The standard InChI is InChI=1S/C22H34N2O6/c1-14(2)13-17(20(26)29-8)23-19(25)18(15-9-11-16(28-7)12-10-15)24(6)21(27)30-22(3,4)5/h9-12,14,17-18H,13H2,1-8H3,(H,23,25). The van der Waals surface area contributed by atoms with Crippen molar-refractivity contribution < 1.29 is 28.6 Å². The summed E-state index contributed by atoms with van der Waals surface area (Å²) < 4.78 is 15.4. The van der Waals surface area contributed by atoms with Crippen molar-refractivity contribution in [3.8, 4) is 5.75 Å². The maximum Gasteiger partial charge on any atom is 0.410 e. The zero-order chi connectivity index (χ0) is 23.1. The van der Waals surface area contributed by atoms with Crippen molar-refractivity contribution in [3.63, 3.8) is 0 Å². The summed E-state index contributed by atoms with van der Waals surface area (Å²) in [4.78, 5) is 39.3. The predicted octanol–water partition coefficient (Wildman–Crippen LogP) is 3.31. The van der Waals surface area contributed by atoms with Crippen molar-refractivity contribution in [2.45, 2.75) is 58.7 Å². The average molecular weight is 423 g/mol. The summed E-state index contributed by atoms with van der Waals surface area (Å²) in [6.07, 6.45) is -0.249. The molecule has 1 aromatic rings. The van der Waals surface area contributed by atoms with Crippen LogP contribution in [-0.2, 0) is 19.1 Å². The topological polar surface area (TPSA) is 94.2 Å². The third-order valence-corrected chi connectivity index (χ3v) is 4.26. The Morgan fingerprint density at radius 3 is 2.07 bits per heavy atom. The van der Waals surface area contributed by atoms with E-state index in [0.717, 1.165) is 0 Å². The quantitative estimate of drug-likeness (QED) is 0.646. The van der Waals surface area contributed by atoms with Crippen LogP contribution in [0.3, 0.4) is 0 Å². The highest BCUT2D eigenvalue weighted by atomic mass is 16.6. The van der Waals surface area contributed by atoms with Crippen LogP contribution in [0, 0.1) is 5.92 Å². The number of likely N-dealkylation sites (N-methyl/N-ethyl adjacent to an activating group) is 1. The van der Waals surface area contributed by atoms with Crippen molar-refractivity contribution in [1.29, 1.82) is 0 Å². The van der Waals surface area contributed by atoms with E-state index in [1.165, 1.54) is 19.1 Å². The number of amides is 2. The van der Waals surface area contributed by atoms with Gasteiger partial charge in [0, 0.05) is 7.05 Å². The van der Waals surface area contributed by atoms with Crippen LogP contribution in [-0.4, -0.2) is 55.8 Å². The van der Waals surface area contributed by atoms with E-state index in [9.17, 15) is 14.4 Å². The molecule has 0 aliphatic carbocycles. The molecule has 0 saturated carbocycles. The van der Waals surface area contributed by atoms with Gasteiger partial charge in [0.2, 0.25) is 5.91 Å². The molecule has 2 unspecified atom stereocenters. The zero-order valence-electron chi connectivity index (χ0n) is 19.1. The fourth-order valence-corrected chi connectivity index (χ4v) is 2.85. The molecule has 0 fully saturated rings. The molecule has 0 bridgehead atoms. The number of carbonyl (C=O) groups excluding carboxylic acids is 3. The number of benzene rings is 1. The van der Waals surface area contributed by atoms with E-state index < -0.39 is 35.7 Å². The van der Waals surface area contributed by atoms with Crippen LogP contribution >= 0.6 is 0 Å². The van der Waals surface area contributed by atoms with E-state index in [1.54, 1.807) is 52.1 Å². The third-order valence-electron chi connectivity index (χ3n) is 4.26. The number of hydrogen-bond donors (Lipinski definition) is 1. The van der Waals surface area contributed by atoms with Gasteiger partial charge in [-0.15, -0.1) is 0 Å². The van der Waals surface area contributed by atoms with Gasteiger partial charge in [-0.25, -0.2) is 9.59 Å². The molecule has 0 aliphatic heterocycles. The second-order valence-corrected chi connectivity index (χ2v) is 8.48. The summed E-state index contributed by atoms with van der Waals surface area (Å²) in [6.45, 7) is 9.12. The highest BCUT2D eigenvalue weighted by molar-refractivity contribution is 5.90. The minimum absolute atomic E-state index is 0.150. The van der Waals surface area contributed by atoms with Gasteiger partial charge in [-0.05, 0) is 50.8 Å². The van der Waals surface area contributed by atoms with Gasteiger partial charge in [0.15, 0.2) is 0 Å². The van der Waals surface area contributed by atoms with Crippen LogP contribution in [0.5, 0.6) is 5.75 Å². The fourth-order valence-electron chi connectivity index (χ4n) is 2.85. The molecule has 0 aromatic heterocycles. The highest BCUT2D eigenvalue weighted by Gasteiger charge is 2.34. The van der Waals surface area contributed by atoms with Gasteiger partial charge in [0.25, 0.3) is 0 Å². The molecule has 0 radical (unpaired) electrons. The van der Waals surface area contributed by atoms with Crippen molar-refractivity contribution in [2.24, 2.45) is 5.92 Å². The lowest BCUT2D eigenvalue weighted by Crippen LogP contribution is -2.49. The number of nitrogens with one attached hydrogen (secondary N) is 1. The lowest BCUT2D eigenvalue weighted by Gasteiger charge is -2.31. The first-order chi connectivity index (χ1) is 13.9. The summed E-state index contributed by atoms with van der Waals surface area (Å²) in [5, 5.41) is 2.73. The average Bonchev–Trinajstić information content (AvgIpc) is 2.65. The van der Waals surface area contributed by atoms with Crippen LogP contribution < -0.4 is 10.1 Å². The first-order valence-corrected chi connectivity index (χ1v) is 9.87. The van der Waals surface area contributed by atoms with E-state index in [0.29, 0.717) is 17.7 Å². The second kappa shape index (κ2) is 10.8. The van der Waals surface area contributed by atoms with Crippen LogP contribution in [0.4, 0.5) is 4.79 Å². The van der Waals surface area contributed by atoms with Crippen LogP contribution in [0.25, 0.3) is 0 Å². The molecule has 1 aromatic carbocycles. The number of methoxy groups -OCH3 is 2. The lowest BCUT2D eigenvalue weighted by atomic mass is 10.0. The van der Waals surface area contributed by atoms with Gasteiger partial charge in [-0.2, -0.15) is 0 Å². The van der Waals surface area contributed by atoms with Crippen LogP contribution in [0.15, 0.2) is 24.3 Å². The molecule has 1 N–H and O–H groups in total. The molecule has 0 aliphatic rings. The van der Waals surface area contributed by atoms with E-state index in [2.05, 4.69) is 5.32 Å². The molecule has 0 spiro atoms. The van der Waals surface area contributed by atoms with Crippen molar-refractivity contribution in [3.05, 3.63) is 29.8 Å². The monoisotopic (exact) mass is 422 g/mol. The minimum atomic E-state index is -1.01. The second-order valence-electron chi connectivity index (χ2n) is 8.48. The van der Waals surface area contributed by atoms with Crippen molar-refractivity contribution >= 4 is 18.0 Å². The van der Waals surface area contributed by atoms with Gasteiger partial charge in [-0.1, -0.05) is 26.0 Å². The Morgan fingerprint density at radius 1 is 1.07 bits per heavy atom. The number of esters is 1. The Bertz CT molecular complexity index is 724. The number of carbonyl (C=O) groups is 3. The largest absolute Gasteiger partial charge is 0.497 e. The molecular weight excluding hydrogens is 388 g/mol. The summed E-state index contributed by atoms with van der Waals surface area (Å²) in [5.74, 6) is -0.280. The van der Waals surface area contributed by atoms with Crippen molar-refractivity contribution in [2.75, 3.05) is 21.3 Å². The Labute approximate surface area is 178 Å². The number of nitrogens with zero attached hydrogens (tertiary/aromatic N) is 1. The molecule has 2 amide bonds. The maximum absolute atomic E-state index is 13.2. The number of ether oxygens (including phenoxy) is 3. The van der Waals surface area contributed by atoms with Gasteiger partial charge in [0.1, 0.15) is 23.4 Å². The third kappa shape index (κ3) is 7.57. The van der Waals surface area contributed by atoms with E-state index in [1.807, 2.05) is 13.8 Å². The lowest BCUT2D eigenvalue weighted by molar-refractivity contribution is -0.146. The molecule has 8 nitrogen and oxygen atoms in total. The highest BCUT2D eigenvalue weighted by Crippen LogP contribution is 2.25. The SMILES string of the molecule is COC(=O)C(CC(C)C)NC(=O)C(c1ccc(OC)cc1)N(C)C(=O)OC(C)(C)C. The van der Waals surface area contributed by atoms with Gasteiger partial charge >= 0.3 is 12.1 Å². The molecule has 0 saturated heterocycles. The van der Waals surface area contributed by atoms with E-state index in [4.69, 9.17) is 14.2 Å². The Hall–Kier alpha value is -2.77. The van der Waals surface area contributed by atoms with E-state index >= 15 is 0 Å². The predicted molar refractivity (Wildman–Crippen MR) is 113 cm³/mol. The summed E-state index contributed by atoms with van der Waals surface area (Å²) in [5.41, 5.74) is -0.173. The Kier molecular flexibility index (Phi) is 9.14. The van der Waals surface area contributed by atoms with Gasteiger partial charge in [-0.3, -0.25) is 9.69 Å². The van der Waals surface area contributed by atoms with Crippen LogP contribution in [0.2, 0.25) is 0 Å². The Balaban J connectivity index is 3.24. The smallest absolute Gasteiger partial charge is 0.410 e. The number of hydrogen-bond acceptors (Lipinski definition) is 6. The van der Waals surface area contributed by atoms with Crippen molar-refractivity contribution in [1.82, 2.24) is 10.2 Å². The molecule has 1 rings (SSSR count). The first kappa shape index (κ1) is 25.3. The first-order valence-electron chi connectivity index (χ1n) is 9.87. The maximum atomic E-state index is 13.2. The zero-order valence-corrected chi connectivity index (χ0v) is 19.1. The number of rotatable bonds is 8. The molecule has 0 heterocycles. The summed E-state index contributed by atoms with van der Waals surface area (Å²) >= 11 is 0. The normalized spacial score (nSPS) is 13.2. The molecule has 8 heteroatoms. The summed E-state index contributed by atoms with van der Waals surface area (Å²) in [7, 11) is 4.30.